The average molecular weight is 273 g/mol. The van der Waals surface area contributed by atoms with E-state index in [1.54, 1.807) is 0 Å². The number of hydrogen-bond donors (Lipinski definition) is 0. The van der Waals surface area contributed by atoms with E-state index < -0.39 is 0 Å². The van der Waals surface area contributed by atoms with Crippen LogP contribution in [0.1, 0.15) is 0 Å². The molecule has 0 aliphatic heterocycles. The molecule has 0 unspecified atom stereocenters. The highest BCUT2D eigenvalue weighted by atomic mass is 79.9. The monoisotopic (exact) mass is 272 g/mol. The summed E-state index contributed by atoms with van der Waals surface area (Å²) in [5.74, 6) is 0. The van der Waals surface area contributed by atoms with Crippen molar-refractivity contribution in [1.82, 2.24) is 9.78 Å². The molecule has 1 aromatic heterocycles. The zero-order chi connectivity index (χ0) is 11.0. The van der Waals surface area contributed by atoms with Gasteiger partial charge in [-0.3, -0.25) is 0 Å². The van der Waals surface area contributed by atoms with Crippen LogP contribution in [-0.4, -0.2) is 9.78 Å². The Balaban J connectivity index is 2.30. The van der Waals surface area contributed by atoms with Crippen molar-refractivity contribution in [2.24, 2.45) is 0 Å². The molecular weight excluding hydrogens is 264 g/mol. The van der Waals surface area contributed by atoms with Gasteiger partial charge < -0.3 is 0 Å². The third kappa shape index (κ3) is 1.44. The third-order valence-corrected chi connectivity index (χ3v) is 3.25. The Hall–Kier alpha value is -1.61. The van der Waals surface area contributed by atoms with Crippen LogP contribution >= 0.6 is 15.9 Å². The number of hydrogen-bond acceptors (Lipinski definition) is 1. The Morgan fingerprint density at radius 2 is 1.75 bits per heavy atom. The van der Waals surface area contributed by atoms with Crippen molar-refractivity contribution in [2.45, 2.75) is 0 Å². The van der Waals surface area contributed by atoms with Crippen LogP contribution in [0.5, 0.6) is 0 Å². The first kappa shape index (κ1) is 9.60. The summed E-state index contributed by atoms with van der Waals surface area (Å²) < 4.78 is 3.02. The van der Waals surface area contributed by atoms with Gasteiger partial charge in [-0.05, 0) is 24.3 Å². The lowest BCUT2D eigenvalue weighted by molar-refractivity contribution is 0.911. The Bertz CT molecular complexity index is 629. The van der Waals surface area contributed by atoms with Gasteiger partial charge in [-0.15, -0.1) is 0 Å². The molecule has 0 atom stereocenters. The molecule has 3 aromatic rings. The summed E-state index contributed by atoms with van der Waals surface area (Å²) in [6.45, 7) is 0. The van der Waals surface area contributed by atoms with Crippen molar-refractivity contribution in [3.63, 3.8) is 0 Å². The van der Waals surface area contributed by atoms with E-state index in [1.165, 1.54) is 0 Å². The molecule has 3 heteroatoms. The molecule has 78 valence electrons. The summed E-state index contributed by atoms with van der Waals surface area (Å²) in [5.41, 5.74) is 2.19. The van der Waals surface area contributed by atoms with Gasteiger partial charge in [0.2, 0.25) is 0 Å². The van der Waals surface area contributed by atoms with Crippen molar-refractivity contribution in [1.29, 1.82) is 0 Å². The maximum absolute atomic E-state index is 4.41. The number of aromatic nitrogens is 2. The van der Waals surface area contributed by atoms with Gasteiger partial charge in [0, 0.05) is 9.86 Å². The lowest BCUT2D eigenvalue weighted by atomic mass is 10.2. The Kier molecular flexibility index (Phi) is 2.26. The molecule has 0 saturated carbocycles. The molecule has 2 aromatic carbocycles. The maximum Gasteiger partial charge on any atom is 0.0752 e. The van der Waals surface area contributed by atoms with Crippen LogP contribution in [0.3, 0.4) is 0 Å². The first-order valence-corrected chi connectivity index (χ1v) is 5.83. The predicted octanol–water partition coefficient (Wildman–Crippen LogP) is 3.79. The minimum atomic E-state index is 1.08. The van der Waals surface area contributed by atoms with Gasteiger partial charge in [-0.1, -0.05) is 40.2 Å². The van der Waals surface area contributed by atoms with Gasteiger partial charge in [-0.25, -0.2) is 4.68 Å². The Morgan fingerprint density at radius 1 is 0.938 bits per heavy atom. The smallest absolute Gasteiger partial charge is 0.0752 e. The van der Waals surface area contributed by atoms with E-state index in [0.717, 1.165) is 21.1 Å². The van der Waals surface area contributed by atoms with Gasteiger partial charge in [0.15, 0.2) is 0 Å². The number of nitrogens with zero attached hydrogens (tertiary/aromatic N) is 2. The van der Waals surface area contributed by atoms with Crippen LogP contribution in [0, 0.1) is 0 Å². The molecule has 0 amide bonds. The van der Waals surface area contributed by atoms with Crippen molar-refractivity contribution in [3.8, 4) is 5.69 Å². The molecule has 0 aliphatic carbocycles. The van der Waals surface area contributed by atoms with E-state index in [-0.39, 0.29) is 0 Å². The second-order valence-electron chi connectivity index (χ2n) is 3.56. The van der Waals surface area contributed by atoms with Crippen molar-refractivity contribution in [3.05, 3.63) is 59.2 Å². The lowest BCUT2D eigenvalue weighted by Crippen LogP contribution is -1.94. The van der Waals surface area contributed by atoms with E-state index in [1.807, 2.05) is 53.3 Å². The number of para-hydroxylation sites is 1. The van der Waals surface area contributed by atoms with Crippen LogP contribution in [0.4, 0.5) is 0 Å². The first-order valence-electron chi connectivity index (χ1n) is 5.04. The highest BCUT2D eigenvalue weighted by molar-refractivity contribution is 9.10. The fourth-order valence-corrected chi connectivity index (χ4v) is 2.25. The minimum absolute atomic E-state index is 1.08. The van der Waals surface area contributed by atoms with Crippen LogP contribution in [0.25, 0.3) is 16.6 Å². The third-order valence-electron chi connectivity index (χ3n) is 2.56. The molecule has 3 rings (SSSR count). The van der Waals surface area contributed by atoms with E-state index in [9.17, 15) is 0 Å². The Labute approximate surface area is 102 Å². The summed E-state index contributed by atoms with van der Waals surface area (Å²) in [4.78, 5) is 0. The lowest BCUT2D eigenvalue weighted by Gasteiger charge is -2.02. The van der Waals surface area contributed by atoms with Gasteiger partial charge >= 0.3 is 0 Å². The highest BCUT2D eigenvalue weighted by Gasteiger charge is 2.05. The molecular formula is C13H9BrN2. The zero-order valence-electron chi connectivity index (χ0n) is 8.47. The largest absolute Gasteiger partial charge is 0.233 e. The standard InChI is InChI=1S/C13H9BrN2/c14-12-7-4-8-13-11(12)9-15-16(13)10-5-2-1-3-6-10/h1-9H. The van der Waals surface area contributed by atoms with Gasteiger partial charge in [0.25, 0.3) is 0 Å². The second-order valence-corrected chi connectivity index (χ2v) is 4.42. The molecule has 0 aliphatic rings. The molecule has 0 spiro atoms. The van der Waals surface area contributed by atoms with Crippen LogP contribution in [-0.2, 0) is 0 Å². The van der Waals surface area contributed by atoms with Crippen LogP contribution in [0.2, 0.25) is 0 Å². The summed E-state index contributed by atoms with van der Waals surface area (Å²) >= 11 is 3.53. The molecule has 0 saturated heterocycles. The van der Waals surface area contributed by atoms with Crippen molar-refractivity contribution < 1.29 is 0 Å². The number of halogens is 1. The molecule has 1 heterocycles. The molecule has 2 nitrogen and oxygen atoms in total. The summed E-state index contributed by atoms with van der Waals surface area (Å²) in [6.07, 6.45) is 1.88. The van der Waals surface area contributed by atoms with E-state index in [0.29, 0.717) is 0 Å². The van der Waals surface area contributed by atoms with Crippen LogP contribution < -0.4 is 0 Å². The average Bonchev–Trinajstić information content (AvgIpc) is 2.75. The maximum atomic E-state index is 4.41. The topological polar surface area (TPSA) is 17.8 Å². The number of benzene rings is 2. The molecule has 0 N–H and O–H groups in total. The minimum Gasteiger partial charge on any atom is -0.233 e. The van der Waals surface area contributed by atoms with Crippen molar-refractivity contribution >= 4 is 26.8 Å². The first-order chi connectivity index (χ1) is 7.86. The van der Waals surface area contributed by atoms with Crippen LogP contribution in [0.15, 0.2) is 59.2 Å². The molecule has 16 heavy (non-hydrogen) atoms. The summed E-state index contributed by atoms with van der Waals surface area (Å²) in [7, 11) is 0. The van der Waals surface area contributed by atoms with Gasteiger partial charge in [0.1, 0.15) is 0 Å². The summed E-state index contributed by atoms with van der Waals surface area (Å²) in [6, 6.07) is 16.3. The van der Waals surface area contributed by atoms with E-state index in [4.69, 9.17) is 0 Å². The normalized spacial score (nSPS) is 10.8. The van der Waals surface area contributed by atoms with Gasteiger partial charge in [0.05, 0.1) is 17.4 Å². The molecule has 0 radical (unpaired) electrons. The quantitative estimate of drug-likeness (QED) is 0.659. The van der Waals surface area contributed by atoms with E-state index >= 15 is 0 Å². The highest BCUT2D eigenvalue weighted by Crippen LogP contribution is 2.25. The van der Waals surface area contributed by atoms with Gasteiger partial charge in [-0.2, -0.15) is 5.10 Å². The fraction of sp³-hybridized carbons (Fsp3) is 0. The number of rotatable bonds is 1. The van der Waals surface area contributed by atoms with E-state index in [2.05, 4.69) is 27.1 Å². The second kappa shape index (κ2) is 3.76. The zero-order valence-corrected chi connectivity index (χ0v) is 10.1. The fourth-order valence-electron chi connectivity index (χ4n) is 1.79. The molecule has 0 bridgehead atoms. The molecule has 0 fully saturated rings. The number of fused-ring (bicyclic) bond motifs is 1. The predicted molar refractivity (Wildman–Crippen MR) is 68.8 cm³/mol. The SMILES string of the molecule is Brc1cccc2c1cnn2-c1ccccc1. The summed E-state index contributed by atoms with van der Waals surface area (Å²) in [5, 5.41) is 5.54. The Morgan fingerprint density at radius 3 is 2.56 bits per heavy atom. The van der Waals surface area contributed by atoms with Crippen molar-refractivity contribution in [2.75, 3.05) is 0 Å².